The van der Waals surface area contributed by atoms with Gasteiger partial charge in [-0.1, -0.05) is 40.2 Å². The minimum atomic E-state index is -0.623. The number of benzene rings is 4. The average Bonchev–Trinajstić information content (AvgIpc) is 2.94. The van der Waals surface area contributed by atoms with E-state index in [0.29, 0.717) is 15.7 Å². The Morgan fingerprint density at radius 2 is 1.51 bits per heavy atom. The molecule has 0 spiro atoms. The molecule has 0 radical (unpaired) electrons. The van der Waals surface area contributed by atoms with Gasteiger partial charge >= 0.3 is 0 Å². The van der Waals surface area contributed by atoms with Crippen LogP contribution in [0.3, 0.4) is 0 Å². The molecule has 0 heterocycles. The lowest BCUT2D eigenvalue weighted by Gasteiger charge is -2.12. The number of halogens is 2. The molecule has 0 fully saturated rings. The topological polar surface area (TPSA) is 87.3 Å². The van der Waals surface area contributed by atoms with Crippen molar-refractivity contribution in [3.63, 3.8) is 0 Å². The lowest BCUT2D eigenvalue weighted by Crippen LogP contribution is -2.30. The van der Waals surface area contributed by atoms with E-state index in [0.717, 1.165) is 21.7 Å². The molecule has 0 atom stereocenters. The van der Waals surface area contributed by atoms with Crippen LogP contribution in [0.4, 0.5) is 15.8 Å². The number of carbonyl (C=O) groups excluding carboxylic acids is 3. The highest BCUT2D eigenvalue weighted by Gasteiger charge is 2.16. The summed E-state index contributed by atoms with van der Waals surface area (Å²) >= 11 is 4.67. The van der Waals surface area contributed by atoms with Gasteiger partial charge in [-0.25, -0.2) is 4.39 Å². The Morgan fingerprint density at radius 1 is 0.829 bits per heavy atom. The number of hydrogen-bond acceptors (Lipinski definition) is 4. The zero-order valence-electron chi connectivity index (χ0n) is 22.3. The molecule has 0 unspecified atom stereocenters. The maximum Gasteiger partial charge on any atom is 0.272 e. The molecule has 3 amide bonds. The molecule has 0 bridgehead atoms. The van der Waals surface area contributed by atoms with E-state index in [1.54, 1.807) is 60.7 Å². The number of aryl methyl sites for hydroxylation is 2. The standard InChI is InChI=1S/C32H27BrFN3O3S/c1-20-14-21(2)16-26(15-20)35-30(38)19-41-27-11-9-25(10-12-27)36-32(40)29(18-23-17-24(33)8-13-28(23)34)37-31(39)22-6-4-3-5-7-22/h3-18H,19H2,1-2H3,(H,35,38)(H,36,40)(H,37,39)/b29-18-. The predicted octanol–water partition coefficient (Wildman–Crippen LogP) is 7.35. The van der Waals surface area contributed by atoms with E-state index in [-0.39, 0.29) is 22.9 Å². The number of hydrogen-bond donors (Lipinski definition) is 3. The van der Waals surface area contributed by atoms with Crippen molar-refractivity contribution in [2.45, 2.75) is 18.7 Å². The molecule has 4 rings (SSSR count). The number of rotatable bonds is 9. The second-order valence-electron chi connectivity index (χ2n) is 9.24. The molecule has 6 nitrogen and oxygen atoms in total. The summed E-state index contributed by atoms with van der Waals surface area (Å²) in [4.78, 5) is 39.3. The van der Waals surface area contributed by atoms with Crippen LogP contribution >= 0.6 is 27.7 Å². The zero-order valence-corrected chi connectivity index (χ0v) is 24.7. The summed E-state index contributed by atoms with van der Waals surface area (Å²) in [5.41, 5.74) is 3.73. The lowest BCUT2D eigenvalue weighted by molar-refractivity contribution is -0.114. The van der Waals surface area contributed by atoms with Crippen LogP contribution in [0.25, 0.3) is 6.08 Å². The Balaban J connectivity index is 1.43. The predicted molar refractivity (Wildman–Crippen MR) is 166 cm³/mol. The smallest absolute Gasteiger partial charge is 0.272 e. The number of nitrogens with one attached hydrogen (secondary N) is 3. The second kappa shape index (κ2) is 13.9. The van der Waals surface area contributed by atoms with Crippen LogP contribution in [0.15, 0.2) is 106 Å². The minimum Gasteiger partial charge on any atom is -0.325 e. The number of carbonyl (C=O) groups is 3. The summed E-state index contributed by atoms with van der Waals surface area (Å²) in [6.45, 7) is 3.96. The molecule has 41 heavy (non-hydrogen) atoms. The molecular formula is C32H27BrFN3O3S. The summed E-state index contributed by atoms with van der Waals surface area (Å²) in [6, 6.07) is 25.6. The molecule has 4 aromatic rings. The quantitative estimate of drug-likeness (QED) is 0.133. The van der Waals surface area contributed by atoms with Crippen molar-refractivity contribution in [2.75, 3.05) is 16.4 Å². The average molecular weight is 633 g/mol. The van der Waals surface area contributed by atoms with Gasteiger partial charge in [-0.15, -0.1) is 11.8 Å². The van der Waals surface area contributed by atoms with E-state index < -0.39 is 17.6 Å². The van der Waals surface area contributed by atoms with Crippen LogP contribution in [0, 0.1) is 19.7 Å². The Bertz CT molecular complexity index is 1590. The molecule has 208 valence electrons. The number of anilines is 2. The van der Waals surface area contributed by atoms with Gasteiger partial charge in [0, 0.05) is 31.9 Å². The van der Waals surface area contributed by atoms with Gasteiger partial charge in [0.2, 0.25) is 5.91 Å². The molecule has 0 saturated carbocycles. The summed E-state index contributed by atoms with van der Waals surface area (Å²) in [5, 5.41) is 8.25. The summed E-state index contributed by atoms with van der Waals surface area (Å²) in [5.74, 6) is -1.58. The minimum absolute atomic E-state index is 0.124. The molecule has 4 aromatic carbocycles. The zero-order chi connectivity index (χ0) is 29.4. The van der Waals surface area contributed by atoms with Gasteiger partial charge in [0.25, 0.3) is 11.8 Å². The van der Waals surface area contributed by atoms with Gasteiger partial charge in [0.05, 0.1) is 5.75 Å². The van der Waals surface area contributed by atoms with Gasteiger partial charge in [0.15, 0.2) is 0 Å². The molecule has 3 N–H and O–H groups in total. The highest BCUT2D eigenvalue weighted by atomic mass is 79.9. The van der Waals surface area contributed by atoms with Crippen LogP contribution < -0.4 is 16.0 Å². The van der Waals surface area contributed by atoms with Crippen LogP contribution in [0.5, 0.6) is 0 Å². The third kappa shape index (κ3) is 8.89. The van der Waals surface area contributed by atoms with E-state index in [2.05, 4.69) is 31.9 Å². The normalized spacial score (nSPS) is 11.1. The molecule has 0 aromatic heterocycles. The Hall–Kier alpha value is -4.21. The van der Waals surface area contributed by atoms with Crippen molar-refractivity contribution in [1.29, 1.82) is 0 Å². The number of thioether (sulfide) groups is 1. The summed E-state index contributed by atoms with van der Waals surface area (Å²) in [7, 11) is 0. The first-order valence-electron chi connectivity index (χ1n) is 12.6. The van der Waals surface area contributed by atoms with Gasteiger partial charge in [0.1, 0.15) is 11.5 Å². The Morgan fingerprint density at radius 3 is 2.20 bits per heavy atom. The fourth-order valence-electron chi connectivity index (χ4n) is 3.95. The van der Waals surface area contributed by atoms with Gasteiger partial charge in [-0.05, 0) is 97.8 Å². The van der Waals surface area contributed by atoms with Crippen LogP contribution in [0.1, 0.15) is 27.0 Å². The van der Waals surface area contributed by atoms with Crippen molar-refractivity contribution in [3.8, 4) is 0 Å². The molecule has 0 aliphatic carbocycles. The van der Waals surface area contributed by atoms with E-state index in [1.807, 2.05) is 32.0 Å². The van der Waals surface area contributed by atoms with Crippen molar-refractivity contribution in [1.82, 2.24) is 5.32 Å². The van der Waals surface area contributed by atoms with Crippen LogP contribution in [-0.4, -0.2) is 23.5 Å². The monoisotopic (exact) mass is 631 g/mol. The fraction of sp³-hybridized carbons (Fsp3) is 0.0938. The first kappa shape index (κ1) is 29.8. The third-order valence-electron chi connectivity index (χ3n) is 5.77. The second-order valence-corrected chi connectivity index (χ2v) is 11.2. The third-order valence-corrected chi connectivity index (χ3v) is 7.28. The van der Waals surface area contributed by atoms with Crippen LogP contribution in [0.2, 0.25) is 0 Å². The van der Waals surface area contributed by atoms with Gasteiger partial charge in [-0.2, -0.15) is 0 Å². The first-order valence-corrected chi connectivity index (χ1v) is 14.4. The van der Waals surface area contributed by atoms with E-state index in [1.165, 1.54) is 30.0 Å². The highest BCUT2D eigenvalue weighted by Crippen LogP contribution is 2.23. The maximum atomic E-state index is 14.5. The number of amides is 3. The highest BCUT2D eigenvalue weighted by molar-refractivity contribution is 9.10. The van der Waals surface area contributed by atoms with E-state index in [9.17, 15) is 18.8 Å². The van der Waals surface area contributed by atoms with Gasteiger partial charge in [-0.3, -0.25) is 14.4 Å². The fourth-order valence-corrected chi connectivity index (χ4v) is 5.03. The van der Waals surface area contributed by atoms with Crippen molar-refractivity contribution in [2.24, 2.45) is 0 Å². The van der Waals surface area contributed by atoms with E-state index >= 15 is 0 Å². The Labute approximate surface area is 250 Å². The van der Waals surface area contributed by atoms with E-state index in [4.69, 9.17) is 0 Å². The molecule has 0 aliphatic rings. The SMILES string of the molecule is Cc1cc(C)cc(NC(=O)CSc2ccc(NC(=O)/C(=C/c3cc(Br)ccc3F)NC(=O)c3ccccc3)cc2)c1. The van der Waals surface area contributed by atoms with Crippen LogP contribution in [-0.2, 0) is 9.59 Å². The molecular weight excluding hydrogens is 605 g/mol. The van der Waals surface area contributed by atoms with Crippen molar-refractivity contribution in [3.05, 3.63) is 129 Å². The maximum absolute atomic E-state index is 14.5. The first-order chi connectivity index (χ1) is 19.7. The largest absolute Gasteiger partial charge is 0.325 e. The summed E-state index contributed by atoms with van der Waals surface area (Å²) < 4.78 is 15.1. The molecule has 0 saturated heterocycles. The molecule has 9 heteroatoms. The summed E-state index contributed by atoms with van der Waals surface area (Å²) in [6.07, 6.45) is 1.29. The lowest BCUT2D eigenvalue weighted by atomic mass is 10.1. The van der Waals surface area contributed by atoms with Gasteiger partial charge < -0.3 is 16.0 Å². The molecule has 0 aliphatic heterocycles. The van der Waals surface area contributed by atoms with Crippen molar-refractivity contribution < 1.29 is 18.8 Å². The van der Waals surface area contributed by atoms with Crippen molar-refractivity contribution >= 4 is 62.9 Å². The Kier molecular flexibility index (Phi) is 10.1.